The summed E-state index contributed by atoms with van der Waals surface area (Å²) in [6.45, 7) is 0. The molecule has 0 radical (unpaired) electrons. The summed E-state index contributed by atoms with van der Waals surface area (Å²) in [6.07, 6.45) is 4.86. The molecule has 3 aromatic rings. The average Bonchev–Trinajstić information content (AvgIpc) is 3.25. The van der Waals surface area contributed by atoms with E-state index in [1.54, 1.807) is 32.2 Å². The first-order chi connectivity index (χ1) is 11.7. The smallest absolute Gasteiger partial charge is 0.203 e. The van der Waals surface area contributed by atoms with Crippen LogP contribution in [-0.4, -0.2) is 40.9 Å². The summed E-state index contributed by atoms with van der Waals surface area (Å²) in [4.78, 5) is 9.20. The number of aromatic nitrogens is 4. The topological polar surface area (TPSA) is 70.8 Å². The molecule has 0 fully saturated rings. The molecule has 0 amide bonds. The highest BCUT2D eigenvalue weighted by Gasteiger charge is 2.20. The van der Waals surface area contributed by atoms with Gasteiger partial charge in [0.05, 0.1) is 21.3 Å². The maximum absolute atomic E-state index is 5.41. The fourth-order valence-electron chi connectivity index (χ4n) is 3.18. The van der Waals surface area contributed by atoms with Crippen LogP contribution in [0.2, 0.25) is 0 Å². The highest BCUT2D eigenvalue weighted by molar-refractivity contribution is 5.68. The zero-order chi connectivity index (χ0) is 16.7. The van der Waals surface area contributed by atoms with Gasteiger partial charge in [-0.25, -0.2) is 14.5 Å². The molecule has 4 rings (SSSR count). The quantitative estimate of drug-likeness (QED) is 0.733. The van der Waals surface area contributed by atoms with Crippen molar-refractivity contribution in [1.82, 2.24) is 19.6 Å². The van der Waals surface area contributed by atoms with Crippen LogP contribution in [0.25, 0.3) is 17.0 Å². The number of fused-ring (bicyclic) bond motifs is 3. The molecule has 0 saturated carbocycles. The fraction of sp³-hybridized carbons (Fsp3) is 0.353. The first-order valence-corrected chi connectivity index (χ1v) is 7.78. The molecule has 0 saturated heterocycles. The summed E-state index contributed by atoms with van der Waals surface area (Å²) < 4.78 is 17.9. The van der Waals surface area contributed by atoms with Crippen molar-refractivity contribution in [3.8, 4) is 28.6 Å². The lowest BCUT2D eigenvalue weighted by atomic mass is 10.1. The molecule has 7 nitrogen and oxygen atoms in total. The van der Waals surface area contributed by atoms with Crippen molar-refractivity contribution < 1.29 is 14.2 Å². The predicted octanol–water partition coefficient (Wildman–Crippen LogP) is 2.31. The minimum Gasteiger partial charge on any atom is -0.493 e. The third-order valence-corrected chi connectivity index (χ3v) is 4.34. The molecule has 0 aliphatic heterocycles. The highest BCUT2D eigenvalue weighted by Crippen LogP contribution is 2.40. The van der Waals surface area contributed by atoms with Crippen molar-refractivity contribution in [2.24, 2.45) is 0 Å². The molecule has 1 aliphatic rings. The van der Waals surface area contributed by atoms with E-state index in [-0.39, 0.29) is 0 Å². The van der Waals surface area contributed by atoms with E-state index in [9.17, 15) is 0 Å². The van der Waals surface area contributed by atoms with Crippen molar-refractivity contribution in [2.75, 3.05) is 21.3 Å². The van der Waals surface area contributed by atoms with Gasteiger partial charge in [0.15, 0.2) is 23.0 Å². The number of rotatable bonds is 4. The standard InChI is InChI=1S/C17H18N4O3/c1-22-13-7-10(8-14(23-2)15(13)24-3)16-19-17-11-5-4-6-12(11)18-9-21(17)20-16/h7-9H,4-6H2,1-3H3. The van der Waals surface area contributed by atoms with Crippen LogP contribution in [0.1, 0.15) is 17.7 Å². The van der Waals surface area contributed by atoms with Gasteiger partial charge < -0.3 is 14.2 Å². The average molecular weight is 326 g/mol. The van der Waals surface area contributed by atoms with Gasteiger partial charge in [0.2, 0.25) is 5.75 Å². The number of hydrogen-bond donors (Lipinski definition) is 0. The van der Waals surface area contributed by atoms with E-state index < -0.39 is 0 Å². The zero-order valence-electron chi connectivity index (χ0n) is 13.9. The van der Waals surface area contributed by atoms with E-state index in [1.807, 2.05) is 12.1 Å². The Kier molecular flexibility index (Phi) is 3.48. The molecule has 0 spiro atoms. The summed E-state index contributed by atoms with van der Waals surface area (Å²) in [5.41, 5.74) is 4.01. The van der Waals surface area contributed by atoms with E-state index in [0.29, 0.717) is 23.1 Å². The molecular formula is C17H18N4O3. The molecule has 1 aliphatic carbocycles. The lowest BCUT2D eigenvalue weighted by Crippen LogP contribution is -1.97. The van der Waals surface area contributed by atoms with Crippen LogP contribution >= 0.6 is 0 Å². The molecular weight excluding hydrogens is 308 g/mol. The van der Waals surface area contributed by atoms with Gasteiger partial charge in [-0.05, 0) is 31.4 Å². The van der Waals surface area contributed by atoms with Crippen molar-refractivity contribution in [3.05, 3.63) is 29.7 Å². The summed E-state index contributed by atoms with van der Waals surface area (Å²) in [6, 6.07) is 3.70. The van der Waals surface area contributed by atoms with Crippen LogP contribution in [0, 0.1) is 0 Å². The molecule has 1 aromatic carbocycles. The SMILES string of the molecule is COc1cc(-c2nc3c4c(ncn3n2)CCC4)cc(OC)c1OC. The number of benzene rings is 1. The van der Waals surface area contributed by atoms with Crippen LogP contribution in [-0.2, 0) is 12.8 Å². The minimum absolute atomic E-state index is 0.551. The number of aryl methyl sites for hydroxylation is 2. The molecule has 2 aromatic heterocycles. The Labute approximate surface area is 139 Å². The van der Waals surface area contributed by atoms with Crippen LogP contribution in [0.15, 0.2) is 18.5 Å². The van der Waals surface area contributed by atoms with Crippen molar-refractivity contribution in [1.29, 1.82) is 0 Å². The Morgan fingerprint density at radius 3 is 2.42 bits per heavy atom. The first-order valence-electron chi connectivity index (χ1n) is 7.78. The van der Waals surface area contributed by atoms with Gasteiger partial charge in [-0.3, -0.25) is 0 Å². The van der Waals surface area contributed by atoms with E-state index in [2.05, 4.69) is 10.1 Å². The van der Waals surface area contributed by atoms with E-state index in [0.717, 1.165) is 36.2 Å². The lowest BCUT2D eigenvalue weighted by Gasteiger charge is -2.12. The molecule has 0 atom stereocenters. The fourth-order valence-corrected chi connectivity index (χ4v) is 3.18. The normalized spacial score (nSPS) is 13.1. The maximum atomic E-state index is 5.41. The van der Waals surface area contributed by atoms with Crippen LogP contribution in [0.4, 0.5) is 0 Å². The predicted molar refractivity (Wildman–Crippen MR) is 87.9 cm³/mol. The number of methoxy groups -OCH3 is 3. The summed E-state index contributed by atoms with van der Waals surface area (Å²) in [7, 11) is 4.77. The molecule has 7 heteroatoms. The van der Waals surface area contributed by atoms with Gasteiger partial charge in [0.25, 0.3) is 0 Å². The lowest BCUT2D eigenvalue weighted by molar-refractivity contribution is 0.324. The Morgan fingerprint density at radius 1 is 1.00 bits per heavy atom. The molecule has 0 N–H and O–H groups in total. The Bertz CT molecular complexity index is 895. The van der Waals surface area contributed by atoms with Crippen LogP contribution in [0.5, 0.6) is 17.2 Å². The third-order valence-electron chi connectivity index (χ3n) is 4.34. The highest BCUT2D eigenvalue weighted by atomic mass is 16.5. The van der Waals surface area contributed by atoms with Crippen LogP contribution < -0.4 is 14.2 Å². The molecule has 24 heavy (non-hydrogen) atoms. The maximum Gasteiger partial charge on any atom is 0.203 e. The number of ether oxygens (including phenoxy) is 3. The molecule has 0 bridgehead atoms. The summed E-state index contributed by atoms with van der Waals surface area (Å²) in [5, 5.41) is 4.56. The first kappa shape index (κ1) is 14.7. The van der Waals surface area contributed by atoms with E-state index >= 15 is 0 Å². The van der Waals surface area contributed by atoms with Crippen molar-refractivity contribution in [2.45, 2.75) is 19.3 Å². The Hall–Kier alpha value is -2.83. The third kappa shape index (κ3) is 2.16. The second-order valence-corrected chi connectivity index (χ2v) is 5.64. The minimum atomic E-state index is 0.551. The monoisotopic (exact) mass is 326 g/mol. The van der Waals surface area contributed by atoms with Crippen molar-refractivity contribution in [3.63, 3.8) is 0 Å². The van der Waals surface area contributed by atoms with Gasteiger partial charge in [0.1, 0.15) is 6.33 Å². The molecule has 124 valence electrons. The van der Waals surface area contributed by atoms with Gasteiger partial charge >= 0.3 is 0 Å². The second-order valence-electron chi connectivity index (χ2n) is 5.64. The van der Waals surface area contributed by atoms with Crippen molar-refractivity contribution >= 4 is 5.65 Å². The molecule has 2 heterocycles. The van der Waals surface area contributed by atoms with Gasteiger partial charge in [-0.15, -0.1) is 5.10 Å². The largest absolute Gasteiger partial charge is 0.493 e. The number of hydrogen-bond acceptors (Lipinski definition) is 6. The van der Waals surface area contributed by atoms with Gasteiger partial charge in [0, 0.05) is 16.8 Å². The summed E-state index contributed by atoms with van der Waals surface area (Å²) >= 11 is 0. The summed E-state index contributed by atoms with van der Waals surface area (Å²) in [5.74, 6) is 2.31. The second kappa shape index (κ2) is 5.67. The van der Waals surface area contributed by atoms with Gasteiger partial charge in [-0.2, -0.15) is 0 Å². The van der Waals surface area contributed by atoms with E-state index in [4.69, 9.17) is 19.2 Å². The zero-order valence-corrected chi connectivity index (χ0v) is 13.9. The van der Waals surface area contributed by atoms with E-state index in [1.165, 1.54) is 5.56 Å². The Balaban J connectivity index is 1.88. The number of nitrogens with zero attached hydrogens (tertiary/aromatic N) is 4. The Morgan fingerprint density at radius 2 is 1.75 bits per heavy atom. The van der Waals surface area contributed by atoms with Gasteiger partial charge in [-0.1, -0.05) is 0 Å². The molecule has 0 unspecified atom stereocenters. The van der Waals surface area contributed by atoms with Crippen LogP contribution in [0.3, 0.4) is 0 Å².